The van der Waals surface area contributed by atoms with Crippen molar-refractivity contribution >= 4 is 18.1 Å². The summed E-state index contributed by atoms with van der Waals surface area (Å²) in [5, 5.41) is 9.72. The zero-order chi connectivity index (χ0) is 20.3. The average molecular weight is 412 g/mol. The number of nitrogens with zero attached hydrogens (tertiary/aromatic N) is 2. The van der Waals surface area contributed by atoms with Crippen molar-refractivity contribution in [2.75, 3.05) is 0 Å². The summed E-state index contributed by atoms with van der Waals surface area (Å²) < 4.78 is 40.9. The highest BCUT2D eigenvalue weighted by Crippen LogP contribution is 2.37. The summed E-state index contributed by atoms with van der Waals surface area (Å²) in [6.45, 7) is 2.29. The van der Waals surface area contributed by atoms with E-state index in [-0.39, 0.29) is 25.2 Å². The van der Waals surface area contributed by atoms with E-state index in [1.165, 1.54) is 0 Å². The summed E-state index contributed by atoms with van der Waals surface area (Å²) in [5.74, 6) is -0.972. The van der Waals surface area contributed by atoms with Crippen LogP contribution in [-0.2, 0) is 11.3 Å². The molecular weight excluding hydrogens is 389 g/mol. The highest BCUT2D eigenvalue weighted by atomic mass is 32.1. The Labute approximate surface area is 166 Å². The van der Waals surface area contributed by atoms with Crippen LogP contribution in [-0.4, -0.2) is 32.9 Å². The molecule has 2 N–H and O–H groups in total. The molecule has 0 spiro atoms. The molecule has 0 saturated heterocycles. The fourth-order valence-electron chi connectivity index (χ4n) is 3.58. The van der Waals surface area contributed by atoms with E-state index in [4.69, 9.17) is 12.2 Å². The van der Waals surface area contributed by atoms with Crippen molar-refractivity contribution in [1.82, 2.24) is 20.1 Å². The van der Waals surface area contributed by atoms with Gasteiger partial charge in [-0.3, -0.25) is 14.5 Å². The molecule has 2 atom stereocenters. The summed E-state index contributed by atoms with van der Waals surface area (Å²) in [7, 11) is 0. The quantitative estimate of drug-likeness (QED) is 0.709. The van der Waals surface area contributed by atoms with E-state index in [0.717, 1.165) is 11.1 Å². The number of hydrogen-bond donors (Lipinski definition) is 2. The van der Waals surface area contributed by atoms with E-state index in [1.807, 2.05) is 31.2 Å². The van der Waals surface area contributed by atoms with Crippen LogP contribution >= 0.6 is 12.2 Å². The van der Waals surface area contributed by atoms with Crippen molar-refractivity contribution in [3.63, 3.8) is 0 Å². The third-order valence-corrected chi connectivity index (χ3v) is 5.44. The number of amides is 1. The normalized spacial score (nSPS) is 20.1. The number of carbonyl (C=O) groups excluding carboxylic acids is 1. The van der Waals surface area contributed by atoms with Crippen molar-refractivity contribution in [3.8, 4) is 11.4 Å². The van der Waals surface area contributed by atoms with Crippen LogP contribution in [0.1, 0.15) is 37.7 Å². The van der Waals surface area contributed by atoms with E-state index < -0.39 is 18.1 Å². The molecule has 5 nitrogen and oxygen atoms in total. The number of benzene rings is 1. The van der Waals surface area contributed by atoms with Gasteiger partial charge in [0, 0.05) is 24.6 Å². The Morgan fingerprint density at radius 1 is 1.32 bits per heavy atom. The van der Waals surface area contributed by atoms with Crippen LogP contribution in [0.25, 0.3) is 11.4 Å². The molecule has 0 radical (unpaired) electrons. The van der Waals surface area contributed by atoms with Crippen LogP contribution < -0.4 is 5.32 Å². The second kappa shape index (κ2) is 8.46. The van der Waals surface area contributed by atoms with Crippen LogP contribution in [0.2, 0.25) is 0 Å². The summed E-state index contributed by atoms with van der Waals surface area (Å²) in [6, 6.07) is 7.35. The molecule has 28 heavy (non-hydrogen) atoms. The number of aromatic nitrogens is 3. The minimum atomic E-state index is -4.20. The second-order valence-electron chi connectivity index (χ2n) is 7.29. The van der Waals surface area contributed by atoms with E-state index in [9.17, 15) is 18.0 Å². The first kappa shape index (κ1) is 20.6. The topological polar surface area (TPSA) is 62.7 Å². The molecule has 1 fully saturated rings. The van der Waals surface area contributed by atoms with Gasteiger partial charge in [-0.2, -0.15) is 18.3 Å². The van der Waals surface area contributed by atoms with Gasteiger partial charge in [0.05, 0.1) is 5.92 Å². The third-order valence-electron chi connectivity index (χ3n) is 5.13. The van der Waals surface area contributed by atoms with Crippen molar-refractivity contribution < 1.29 is 18.0 Å². The molecule has 1 aromatic heterocycles. The third kappa shape index (κ3) is 5.01. The first-order valence-corrected chi connectivity index (χ1v) is 9.73. The van der Waals surface area contributed by atoms with Crippen LogP contribution in [0.4, 0.5) is 13.2 Å². The van der Waals surface area contributed by atoms with E-state index in [0.29, 0.717) is 30.0 Å². The minimum Gasteiger partial charge on any atom is -0.353 e. The monoisotopic (exact) mass is 412 g/mol. The highest BCUT2D eigenvalue weighted by Gasteiger charge is 2.42. The zero-order valence-electron chi connectivity index (χ0n) is 15.6. The summed E-state index contributed by atoms with van der Waals surface area (Å²) in [5.41, 5.74) is 1.99. The molecule has 0 unspecified atom stereocenters. The van der Waals surface area contributed by atoms with Crippen LogP contribution in [0.3, 0.4) is 0 Å². The first-order valence-electron chi connectivity index (χ1n) is 9.32. The number of carbonyl (C=O) groups is 1. The molecule has 1 aromatic carbocycles. The lowest BCUT2D eigenvalue weighted by Crippen LogP contribution is -2.41. The number of aryl methyl sites for hydroxylation is 1. The number of rotatable bonds is 5. The molecule has 1 aliphatic carbocycles. The van der Waals surface area contributed by atoms with Gasteiger partial charge in [-0.1, -0.05) is 36.2 Å². The van der Waals surface area contributed by atoms with Gasteiger partial charge in [0.1, 0.15) is 0 Å². The van der Waals surface area contributed by atoms with Crippen molar-refractivity contribution in [3.05, 3.63) is 34.6 Å². The molecule has 1 saturated carbocycles. The molecule has 0 bridgehead atoms. The molecule has 9 heteroatoms. The van der Waals surface area contributed by atoms with Crippen LogP contribution in [0.15, 0.2) is 24.3 Å². The first-order chi connectivity index (χ1) is 13.2. The molecule has 2 aromatic rings. The molecular formula is C19H23F3N4OS. The predicted octanol–water partition coefficient (Wildman–Crippen LogP) is 4.54. The SMILES string of the molecule is Cc1ccc(-c2n[nH]c(=S)n2CCC(=O)N[C@@H]2CCC[C@@H](C(F)(F)F)C2)cc1. The Kier molecular flexibility index (Phi) is 6.22. The fourth-order valence-corrected chi connectivity index (χ4v) is 3.80. The molecule has 1 heterocycles. The Morgan fingerprint density at radius 3 is 2.71 bits per heavy atom. The number of nitrogens with one attached hydrogen (secondary N) is 2. The lowest BCUT2D eigenvalue weighted by molar-refractivity contribution is -0.184. The minimum absolute atomic E-state index is 0.0466. The molecule has 0 aliphatic heterocycles. The number of halogens is 3. The van der Waals surface area contributed by atoms with Gasteiger partial charge in [0.25, 0.3) is 0 Å². The Morgan fingerprint density at radius 2 is 2.04 bits per heavy atom. The number of hydrogen-bond acceptors (Lipinski definition) is 3. The lowest BCUT2D eigenvalue weighted by atomic mass is 9.85. The lowest BCUT2D eigenvalue weighted by Gasteiger charge is -2.31. The van der Waals surface area contributed by atoms with Crippen molar-refractivity contribution in [1.29, 1.82) is 0 Å². The van der Waals surface area contributed by atoms with Gasteiger partial charge in [-0.05, 0) is 38.4 Å². The van der Waals surface area contributed by atoms with E-state index in [2.05, 4.69) is 15.5 Å². The highest BCUT2D eigenvalue weighted by molar-refractivity contribution is 7.71. The summed E-state index contributed by atoms with van der Waals surface area (Å²) in [6.07, 6.45) is -2.93. The maximum atomic E-state index is 12.9. The Bertz CT molecular complexity index is 873. The van der Waals surface area contributed by atoms with Gasteiger partial charge < -0.3 is 5.32 Å². The molecule has 152 valence electrons. The number of alkyl halides is 3. The van der Waals surface area contributed by atoms with Gasteiger partial charge in [0.15, 0.2) is 10.6 Å². The van der Waals surface area contributed by atoms with Gasteiger partial charge in [0.2, 0.25) is 5.91 Å². The van der Waals surface area contributed by atoms with Gasteiger partial charge >= 0.3 is 6.18 Å². The van der Waals surface area contributed by atoms with E-state index in [1.54, 1.807) is 4.57 Å². The predicted molar refractivity (Wildman–Crippen MR) is 102 cm³/mol. The van der Waals surface area contributed by atoms with Crippen molar-refractivity contribution in [2.24, 2.45) is 5.92 Å². The molecule has 1 aliphatic rings. The van der Waals surface area contributed by atoms with Crippen LogP contribution in [0.5, 0.6) is 0 Å². The van der Waals surface area contributed by atoms with E-state index >= 15 is 0 Å². The maximum Gasteiger partial charge on any atom is 0.391 e. The second-order valence-corrected chi connectivity index (χ2v) is 7.68. The average Bonchev–Trinajstić information content (AvgIpc) is 3.01. The Balaban J connectivity index is 1.60. The standard InChI is InChI=1S/C19H23F3N4OS/c1-12-5-7-13(8-6-12)17-24-25-18(28)26(17)10-9-16(27)23-15-4-2-3-14(11-15)19(20,21)22/h5-8,14-15H,2-4,9-11H2,1H3,(H,23,27)(H,25,28)/t14-,15-/m1/s1. The molecule has 1 amide bonds. The smallest absolute Gasteiger partial charge is 0.353 e. The molecule has 3 rings (SSSR count). The van der Waals surface area contributed by atoms with Crippen LogP contribution in [0, 0.1) is 17.6 Å². The maximum absolute atomic E-state index is 12.9. The summed E-state index contributed by atoms with van der Waals surface area (Å²) in [4.78, 5) is 12.3. The number of aromatic amines is 1. The zero-order valence-corrected chi connectivity index (χ0v) is 16.4. The van der Waals surface area contributed by atoms with Crippen molar-refractivity contribution in [2.45, 2.75) is 57.8 Å². The fraction of sp³-hybridized carbons (Fsp3) is 0.526. The van der Waals surface area contributed by atoms with Gasteiger partial charge in [-0.15, -0.1) is 0 Å². The Hall–Kier alpha value is -2.16. The number of H-pyrrole nitrogens is 1. The summed E-state index contributed by atoms with van der Waals surface area (Å²) >= 11 is 5.26. The van der Waals surface area contributed by atoms with Gasteiger partial charge in [-0.25, -0.2) is 0 Å². The largest absolute Gasteiger partial charge is 0.391 e.